The number of aliphatic hydroxyl groups is 1. The van der Waals surface area contributed by atoms with Crippen molar-refractivity contribution in [2.24, 2.45) is 5.73 Å². The average molecular weight is 293 g/mol. The van der Waals surface area contributed by atoms with Crippen molar-refractivity contribution in [3.8, 4) is 11.5 Å². The van der Waals surface area contributed by atoms with Gasteiger partial charge in [0.25, 0.3) is 0 Å². The Kier molecular flexibility index (Phi) is 5.64. The van der Waals surface area contributed by atoms with Gasteiger partial charge >= 0.3 is 6.36 Å². The largest absolute Gasteiger partial charge is 0.573 e. The lowest BCUT2D eigenvalue weighted by atomic mass is 10.0. The number of aliphatic hydroxyl groups excluding tert-OH is 1. The Morgan fingerprint density at radius 2 is 1.95 bits per heavy atom. The van der Waals surface area contributed by atoms with Crippen molar-refractivity contribution >= 4 is 0 Å². The molecule has 4 nitrogen and oxygen atoms in total. The van der Waals surface area contributed by atoms with Gasteiger partial charge in [0, 0.05) is 12.6 Å². The van der Waals surface area contributed by atoms with Gasteiger partial charge < -0.3 is 20.3 Å². The molecule has 0 amide bonds. The molecule has 0 fully saturated rings. The molecule has 0 aliphatic carbocycles. The zero-order valence-corrected chi connectivity index (χ0v) is 11.3. The van der Waals surface area contributed by atoms with Crippen LogP contribution in [0.2, 0.25) is 0 Å². The van der Waals surface area contributed by atoms with Crippen LogP contribution in [-0.4, -0.2) is 30.7 Å². The molecule has 1 atom stereocenters. The quantitative estimate of drug-likeness (QED) is 0.845. The second-order valence-corrected chi connectivity index (χ2v) is 4.60. The smallest absolute Gasteiger partial charge is 0.490 e. The van der Waals surface area contributed by atoms with Gasteiger partial charge in [-0.3, -0.25) is 0 Å². The first-order valence-corrected chi connectivity index (χ1v) is 6.13. The highest BCUT2D eigenvalue weighted by molar-refractivity contribution is 5.42. The van der Waals surface area contributed by atoms with Crippen LogP contribution in [0.5, 0.6) is 11.5 Å². The fourth-order valence-electron chi connectivity index (χ4n) is 1.57. The van der Waals surface area contributed by atoms with E-state index in [-0.39, 0.29) is 30.6 Å². The zero-order valence-electron chi connectivity index (χ0n) is 11.3. The minimum atomic E-state index is -4.76. The van der Waals surface area contributed by atoms with Crippen molar-refractivity contribution in [1.82, 2.24) is 0 Å². The Bertz CT molecular complexity index is 435. The van der Waals surface area contributed by atoms with E-state index in [1.54, 1.807) is 0 Å². The van der Waals surface area contributed by atoms with Crippen molar-refractivity contribution in [2.75, 3.05) is 13.2 Å². The lowest BCUT2D eigenvalue weighted by Gasteiger charge is -2.17. The predicted octanol–water partition coefficient (Wildman–Crippen LogP) is 2.41. The number of ether oxygens (including phenoxy) is 2. The Morgan fingerprint density at radius 1 is 1.30 bits per heavy atom. The van der Waals surface area contributed by atoms with E-state index < -0.39 is 12.5 Å². The summed E-state index contributed by atoms with van der Waals surface area (Å²) in [6, 6.07) is 3.90. The van der Waals surface area contributed by atoms with Crippen LogP contribution in [-0.2, 0) is 0 Å². The van der Waals surface area contributed by atoms with E-state index in [4.69, 9.17) is 10.5 Å². The first-order valence-electron chi connectivity index (χ1n) is 6.13. The van der Waals surface area contributed by atoms with E-state index in [1.807, 2.05) is 13.8 Å². The van der Waals surface area contributed by atoms with Gasteiger partial charge in [0.05, 0.1) is 0 Å². The monoisotopic (exact) mass is 293 g/mol. The molecule has 1 unspecified atom stereocenters. The van der Waals surface area contributed by atoms with Crippen molar-refractivity contribution in [3.63, 3.8) is 0 Å². The minimum absolute atomic E-state index is 0.00968. The summed E-state index contributed by atoms with van der Waals surface area (Å²) in [6.07, 6.45) is -5.63. The highest BCUT2D eigenvalue weighted by Crippen LogP contribution is 2.32. The fraction of sp³-hybridized carbons (Fsp3) is 0.538. The molecule has 3 N–H and O–H groups in total. The SMILES string of the molecule is CC(C)c1ccc(OC(F)(F)F)cc1OCC(O)CN. The average Bonchev–Trinajstić information content (AvgIpc) is 2.33. The van der Waals surface area contributed by atoms with Gasteiger partial charge in [0.2, 0.25) is 0 Å². The van der Waals surface area contributed by atoms with Crippen LogP contribution in [0.4, 0.5) is 13.2 Å². The summed E-state index contributed by atoms with van der Waals surface area (Å²) in [7, 11) is 0. The number of nitrogens with two attached hydrogens (primary N) is 1. The second kappa shape index (κ2) is 6.81. The van der Waals surface area contributed by atoms with Crippen LogP contribution >= 0.6 is 0 Å². The maximum atomic E-state index is 12.2. The van der Waals surface area contributed by atoms with Gasteiger partial charge in [-0.2, -0.15) is 0 Å². The van der Waals surface area contributed by atoms with E-state index >= 15 is 0 Å². The van der Waals surface area contributed by atoms with Crippen LogP contribution in [0.25, 0.3) is 0 Å². The standard InChI is InChI=1S/C13H18F3NO3/c1-8(2)11-4-3-10(20-13(14,15)16)5-12(11)19-7-9(18)6-17/h3-5,8-9,18H,6-7,17H2,1-2H3. The summed E-state index contributed by atoms with van der Waals surface area (Å²) in [5.74, 6) is -0.0617. The number of alkyl halides is 3. The molecule has 7 heteroatoms. The third-order valence-corrected chi connectivity index (χ3v) is 2.54. The maximum Gasteiger partial charge on any atom is 0.573 e. The van der Waals surface area contributed by atoms with Crippen LogP contribution < -0.4 is 15.2 Å². The minimum Gasteiger partial charge on any atom is -0.490 e. The van der Waals surface area contributed by atoms with Crippen molar-refractivity contribution < 1.29 is 27.8 Å². The molecule has 0 aliphatic rings. The molecule has 0 saturated heterocycles. The van der Waals surface area contributed by atoms with E-state index in [0.29, 0.717) is 0 Å². The van der Waals surface area contributed by atoms with Crippen LogP contribution in [0, 0.1) is 0 Å². The lowest BCUT2D eigenvalue weighted by Crippen LogP contribution is -2.26. The van der Waals surface area contributed by atoms with Crippen molar-refractivity contribution in [3.05, 3.63) is 23.8 Å². The molecule has 0 aromatic heterocycles. The van der Waals surface area contributed by atoms with E-state index in [1.165, 1.54) is 12.1 Å². The number of halogens is 3. The molecule has 1 aromatic rings. The van der Waals surface area contributed by atoms with Crippen LogP contribution in [0.1, 0.15) is 25.3 Å². The summed E-state index contributed by atoms with van der Waals surface area (Å²) in [4.78, 5) is 0. The molecular formula is C13H18F3NO3. The molecule has 1 aromatic carbocycles. The molecule has 1 rings (SSSR count). The third-order valence-electron chi connectivity index (χ3n) is 2.54. The van der Waals surface area contributed by atoms with Gasteiger partial charge in [-0.05, 0) is 17.5 Å². The van der Waals surface area contributed by atoms with Gasteiger partial charge in [-0.1, -0.05) is 19.9 Å². The third kappa shape index (κ3) is 5.26. The Labute approximate surface area is 115 Å². The number of hydrogen-bond acceptors (Lipinski definition) is 4. The summed E-state index contributed by atoms with van der Waals surface area (Å²) in [5, 5.41) is 9.34. The zero-order chi connectivity index (χ0) is 15.3. The fourth-order valence-corrected chi connectivity index (χ4v) is 1.57. The molecule has 0 saturated carbocycles. The summed E-state index contributed by atoms with van der Waals surface area (Å²) < 4.78 is 45.7. The molecule has 0 spiro atoms. The Morgan fingerprint density at radius 3 is 2.45 bits per heavy atom. The second-order valence-electron chi connectivity index (χ2n) is 4.60. The highest BCUT2D eigenvalue weighted by Gasteiger charge is 2.31. The first-order chi connectivity index (χ1) is 9.23. The van der Waals surface area contributed by atoms with Gasteiger partial charge in [-0.25, -0.2) is 0 Å². The molecule has 0 aliphatic heterocycles. The van der Waals surface area contributed by atoms with E-state index in [9.17, 15) is 18.3 Å². The number of benzene rings is 1. The molecular weight excluding hydrogens is 275 g/mol. The molecule has 0 radical (unpaired) electrons. The molecule has 20 heavy (non-hydrogen) atoms. The van der Waals surface area contributed by atoms with Gasteiger partial charge in [0.15, 0.2) is 0 Å². The Balaban J connectivity index is 2.94. The molecule has 0 heterocycles. The number of hydrogen-bond donors (Lipinski definition) is 2. The summed E-state index contributed by atoms with van der Waals surface area (Å²) >= 11 is 0. The molecule has 0 bridgehead atoms. The van der Waals surface area contributed by atoms with E-state index in [2.05, 4.69) is 4.74 Å². The summed E-state index contributed by atoms with van der Waals surface area (Å²) in [5.41, 5.74) is 5.97. The van der Waals surface area contributed by atoms with Crippen LogP contribution in [0.15, 0.2) is 18.2 Å². The van der Waals surface area contributed by atoms with E-state index in [0.717, 1.165) is 11.6 Å². The maximum absolute atomic E-state index is 12.2. The predicted molar refractivity (Wildman–Crippen MR) is 67.8 cm³/mol. The van der Waals surface area contributed by atoms with Crippen molar-refractivity contribution in [1.29, 1.82) is 0 Å². The van der Waals surface area contributed by atoms with Gasteiger partial charge in [0.1, 0.15) is 24.2 Å². The van der Waals surface area contributed by atoms with Gasteiger partial charge in [-0.15, -0.1) is 13.2 Å². The topological polar surface area (TPSA) is 64.7 Å². The molecule has 114 valence electrons. The first kappa shape index (κ1) is 16.6. The summed E-state index contributed by atoms with van der Waals surface area (Å²) in [6.45, 7) is 3.68. The lowest BCUT2D eigenvalue weighted by molar-refractivity contribution is -0.274. The normalized spacial score (nSPS) is 13.4. The number of rotatable bonds is 6. The highest BCUT2D eigenvalue weighted by atomic mass is 19.4. The Hall–Kier alpha value is -1.47. The van der Waals surface area contributed by atoms with Crippen LogP contribution in [0.3, 0.4) is 0 Å². The van der Waals surface area contributed by atoms with Crippen molar-refractivity contribution in [2.45, 2.75) is 32.2 Å².